The third kappa shape index (κ3) is 5.49. The zero-order valence-corrected chi connectivity index (χ0v) is 21.9. The first-order valence-corrected chi connectivity index (χ1v) is 12.7. The summed E-state index contributed by atoms with van der Waals surface area (Å²) in [5.74, 6) is 2.44. The van der Waals surface area contributed by atoms with E-state index in [2.05, 4.69) is 15.2 Å². The van der Waals surface area contributed by atoms with Crippen LogP contribution >= 0.6 is 0 Å². The highest BCUT2D eigenvalue weighted by molar-refractivity contribution is 6.00. The molecule has 198 valence electrons. The van der Waals surface area contributed by atoms with Crippen molar-refractivity contribution in [3.05, 3.63) is 60.3 Å². The van der Waals surface area contributed by atoms with E-state index in [0.717, 1.165) is 22.8 Å². The molecule has 0 bridgehead atoms. The van der Waals surface area contributed by atoms with Crippen molar-refractivity contribution >= 4 is 35.0 Å². The van der Waals surface area contributed by atoms with Crippen LogP contribution in [0.15, 0.2) is 54.6 Å². The van der Waals surface area contributed by atoms with Gasteiger partial charge in [0, 0.05) is 68.3 Å². The summed E-state index contributed by atoms with van der Waals surface area (Å²) < 4.78 is 10.5. The fourth-order valence-corrected chi connectivity index (χ4v) is 4.87. The van der Waals surface area contributed by atoms with Crippen molar-refractivity contribution in [2.75, 3.05) is 62.1 Å². The molecule has 1 atom stereocenters. The van der Waals surface area contributed by atoms with E-state index in [1.165, 1.54) is 0 Å². The minimum Gasteiger partial charge on any atom is -0.497 e. The van der Waals surface area contributed by atoms with Gasteiger partial charge >= 0.3 is 0 Å². The number of nitrogens with one attached hydrogen (secondary N) is 1. The predicted molar refractivity (Wildman–Crippen MR) is 145 cm³/mol. The lowest BCUT2D eigenvalue weighted by molar-refractivity contribution is -0.136. The average molecular weight is 517 g/mol. The number of amides is 2. The third-order valence-corrected chi connectivity index (χ3v) is 6.92. The molecule has 38 heavy (non-hydrogen) atoms. The van der Waals surface area contributed by atoms with Crippen LogP contribution in [-0.4, -0.2) is 73.6 Å². The molecule has 0 aliphatic carbocycles. The number of rotatable bonds is 7. The molecule has 0 spiro atoms. The van der Waals surface area contributed by atoms with Crippen molar-refractivity contribution in [1.29, 1.82) is 0 Å². The molecule has 2 aliphatic rings. The Balaban J connectivity index is 1.19. The third-order valence-electron chi connectivity index (χ3n) is 6.92. The molecule has 3 aromatic rings. The Kier molecular flexibility index (Phi) is 7.30. The monoisotopic (exact) mass is 516 g/mol. The van der Waals surface area contributed by atoms with Gasteiger partial charge in [-0.2, -0.15) is 4.98 Å². The molecule has 0 radical (unpaired) electrons. The summed E-state index contributed by atoms with van der Waals surface area (Å²) in [7, 11) is 3.23. The SMILES string of the molecule is COc1ccc(Nc2cc(C)nc(N3CCN(C(=O)C4CC(=O)N(c5cccc(OC)c5)C4)CC3)n2)cc1. The molecule has 0 saturated carbocycles. The van der Waals surface area contributed by atoms with Crippen molar-refractivity contribution < 1.29 is 19.1 Å². The highest BCUT2D eigenvalue weighted by atomic mass is 16.5. The first-order valence-electron chi connectivity index (χ1n) is 12.7. The maximum Gasteiger partial charge on any atom is 0.228 e. The number of piperazine rings is 1. The van der Waals surface area contributed by atoms with Crippen molar-refractivity contribution in [3.8, 4) is 11.5 Å². The van der Waals surface area contributed by atoms with Gasteiger partial charge in [0.2, 0.25) is 17.8 Å². The fraction of sp³-hybridized carbons (Fsp3) is 0.357. The molecule has 2 amide bonds. The summed E-state index contributed by atoms with van der Waals surface area (Å²) >= 11 is 0. The van der Waals surface area contributed by atoms with E-state index < -0.39 is 0 Å². The number of hydrogen-bond acceptors (Lipinski definition) is 8. The lowest BCUT2D eigenvalue weighted by Crippen LogP contribution is -2.51. The Morgan fingerprint density at radius 1 is 0.947 bits per heavy atom. The van der Waals surface area contributed by atoms with Crippen molar-refractivity contribution in [1.82, 2.24) is 14.9 Å². The molecule has 2 fully saturated rings. The summed E-state index contributed by atoms with van der Waals surface area (Å²) in [6.45, 7) is 4.68. The summed E-state index contributed by atoms with van der Waals surface area (Å²) in [5, 5.41) is 3.33. The van der Waals surface area contributed by atoms with E-state index in [4.69, 9.17) is 14.5 Å². The lowest BCUT2D eigenvalue weighted by Gasteiger charge is -2.36. The largest absolute Gasteiger partial charge is 0.497 e. The minimum atomic E-state index is -0.351. The van der Waals surface area contributed by atoms with Crippen LogP contribution < -0.4 is 24.6 Å². The van der Waals surface area contributed by atoms with Gasteiger partial charge in [0.05, 0.1) is 20.1 Å². The van der Waals surface area contributed by atoms with Crippen molar-refractivity contribution in [3.63, 3.8) is 0 Å². The zero-order chi connectivity index (χ0) is 26.6. The van der Waals surface area contributed by atoms with Crippen LogP contribution in [0.4, 0.5) is 23.1 Å². The number of carbonyl (C=O) groups is 2. The number of anilines is 4. The zero-order valence-electron chi connectivity index (χ0n) is 21.9. The summed E-state index contributed by atoms with van der Waals surface area (Å²) in [6, 6.07) is 16.9. The summed E-state index contributed by atoms with van der Waals surface area (Å²) in [5.41, 5.74) is 2.51. The van der Waals surface area contributed by atoms with E-state index in [0.29, 0.717) is 50.2 Å². The number of nitrogens with zero attached hydrogens (tertiary/aromatic N) is 5. The van der Waals surface area contributed by atoms with E-state index in [1.807, 2.05) is 66.4 Å². The maximum absolute atomic E-state index is 13.3. The number of aromatic nitrogens is 2. The van der Waals surface area contributed by atoms with E-state index in [1.54, 1.807) is 19.1 Å². The maximum atomic E-state index is 13.3. The molecular formula is C28H32N6O4. The highest BCUT2D eigenvalue weighted by Gasteiger charge is 2.38. The first-order chi connectivity index (χ1) is 18.4. The molecule has 3 heterocycles. The fourth-order valence-electron chi connectivity index (χ4n) is 4.87. The highest BCUT2D eigenvalue weighted by Crippen LogP contribution is 2.29. The lowest BCUT2D eigenvalue weighted by atomic mass is 10.1. The van der Waals surface area contributed by atoms with E-state index >= 15 is 0 Å². The Morgan fingerprint density at radius 3 is 2.39 bits per heavy atom. The molecule has 5 rings (SSSR count). The Labute approximate surface area is 222 Å². The van der Waals surface area contributed by atoms with Gasteiger partial charge in [0.25, 0.3) is 0 Å². The van der Waals surface area contributed by atoms with Gasteiger partial charge in [0.1, 0.15) is 17.3 Å². The molecule has 1 aromatic heterocycles. The first kappa shape index (κ1) is 25.3. The Bertz CT molecular complexity index is 1310. The number of benzene rings is 2. The molecule has 1 unspecified atom stereocenters. The van der Waals surface area contributed by atoms with Crippen LogP contribution in [0.25, 0.3) is 0 Å². The molecule has 2 aliphatic heterocycles. The van der Waals surface area contributed by atoms with E-state index in [9.17, 15) is 9.59 Å². The van der Waals surface area contributed by atoms with Gasteiger partial charge < -0.3 is 29.5 Å². The second kappa shape index (κ2) is 11.0. The second-order valence-electron chi connectivity index (χ2n) is 9.47. The van der Waals surface area contributed by atoms with Gasteiger partial charge in [0.15, 0.2) is 0 Å². The molecule has 1 N–H and O–H groups in total. The second-order valence-corrected chi connectivity index (χ2v) is 9.47. The quantitative estimate of drug-likeness (QED) is 0.511. The van der Waals surface area contributed by atoms with Crippen LogP contribution in [-0.2, 0) is 9.59 Å². The van der Waals surface area contributed by atoms with Crippen LogP contribution in [0.3, 0.4) is 0 Å². The Morgan fingerprint density at radius 2 is 1.68 bits per heavy atom. The number of methoxy groups -OCH3 is 2. The van der Waals surface area contributed by atoms with Gasteiger partial charge in [-0.25, -0.2) is 4.98 Å². The molecule has 2 saturated heterocycles. The van der Waals surface area contributed by atoms with Crippen molar-refractivity contribution in [2.45, 2.75) is 13.3 Å². The molecule has 10 heteroatoms. The van der Waals surface area contributed by atoms with Gasteiger partial charge in [-0.15, -0.1) is 0 Å². The van der Waals surface area contributed by atoms with E-state index in [-0.39, 0.29) is 24.2 Å². The molecule has 10 nitrogen and oxygen atoms in total. The summed E-state index contributed by atoms with van der Waals surface area (Å²) in [4.78, 5) is 41.0. The smallest absolute Gasteiger partial charge is 0.228 e. The summed E-state index contributed by atoms with van der Waals surface area (Å²) in [6.07, 6.45) is 0.220. The number of ether oxygens (including phenoxy) is 2. The average Bonchev–Trinajstić information content (AvgIpc) is 3.34. The standard InChI is InChI=1S/C28H32N6O4/c1-19-15-25(30-21-7-9-23(37-2)10-8-21)31-28(29-19)33-13-11-32(12-14-33)27(36)20-16-26(35)34(18-20)22-5-4-6-24(17-22)38-3/h4-10,15,17,20H,11-14,16,18H2,1-3H3,(H,29,30,31). The Hall–Kier alpha value is -4.34. The number of carbonyl (C=O) groups excluding carboxylic acids is 2. The van der Waals surface area contributed by atoms with Gasteiger partial charge in [-0.3, -0.25) is 9.59 Å². The van der Waals surface area contributed by atoms with Gasteiger partial charge in [-0.1, -0.05) is 6.07 Å². The topological polar surface area (TPSA) is 100 Å². The number of hydrogen-bond donors (Lipinski definition) is 1. The normalized spacial score (nSPS) is 17.5. The van der Waals surface area contributed by atoms with Crippen LogP contribution in [0.1, 0.15) is 12.1 Å². The predicted octanol–water partition coefficient (Wildman–Crippen LogP) is 3.25. The molecular weight excluding hydrogens is 484 g/mol. The van der Waals surface area contributed by atoms with Crippen LogP contribution in [0.5, 0.6) is 11.5 Å². The minimum absolute atomic E-state index is 0.0235. The van der Waals surface area contributed by atoms with Crippen molar-refractivity contribution in [2.24, 2.45) is 5.92 Å². The van der Waals surface area contributed by atoms with Crippen LogP contribution in [0, 0.1) is 12.8 Å². The van der Waals surface area contributed by atoms with Gasteiger partial charge in [-0.05, 0) is 43.3 Å². The van der Waals surface area contributed by atoms with Crippen LogP contribution in [0.2, 0.25) is 0 Å². The molecule has 2 aromatic carbocycles. The number of aryl methyl sites for hydroxylation is 1.